The lowest BCUT2D eigenvalue weighted by Crippen LogP contribution is -2.52. The average Bonchev–Trinajstić information content (AvgIpc) is 3.03. The van der Waals surface area contributed by atoms with Gasteiger partial charge < -0.3 is 24.4 Å². The van der Waals surface area contributed by atoms with Gasteiger partial charge in [-0.1, -0.05) is 36.2 Å². The molecule has 2 atom stereocenters. The molecule has 3 aromatic carbocycles. The summed E-state index contributed by atoms with van der Waals surface area (Å²) in [7, 11) is -1.51. The summed E-state index contributed by atoms with van der Waals surface area (Å²) in [6, 6.07) is 14.3. The summed E-state index contributed by atoms with van der Waals surface area (Å²) in [5, 5.41) is 3.52. The SMILES string of the molecule is CCOc1ccc(N(CC(=O)N(Cc2ccc(Cl)c(Cl)c2)[C@@H](C)C(=O)N[C@@H](C)CC)S(=O)(=O)c2ccc(OC)c(OC)c2)cc1. The normalized spacial score (nSPS) is 12.5. The Hall–Kier alpha value is -3.67. The topological polar surface area (TPSA) is 114 Å². The molecule has 0 aliphatic rings. The van der Waals surface area contributed by atoms with E-state index in [9.17, 15) is 18.0 Å². The van der Waals surface area contributed by atoms with Gasteiger partial charge in [0.15, 0.2) is 11.5 Å². The highest BCUT2D eigenvalue weighted by Gasteiger charge is 2.33. The van der Waals surface area contributed by atoms with Gasteiger partial charge >= 0.3 is 0 Å². The summed E-state index contributed by atoms with van der Waals surface area (Å²) >= 11 is 12.4. The van der Waals surface area contributed by atoms with E-state index in [0.717, 1.165) is 4.31 Å². The summed E-state index contributed by atoms with van der Waals surface area (Å²) in [5.41, 5.74) is 0.823. The molecule has 0 aliphatic heterocycles. The van der Waals surface area contributed by atoms with Gasteiger partial charge in [0, 0.05) is 18.7 Å². The molecule has 13 heteroatoms. The van der Waals surface area contributed by atoms with Crippen LogP contribution in [0, 0.1) is 0 Å². The van der Waals surface area contributed by atoms with Crippen molar-refractivity contribution < 1.29 is 32.2 Å². The van der Waals surface area contributed by atoms with Crippen molar-refractivity contribution in [2.75, 3.05) is 31.7 Å². The Labute approximate surface area is 275 Å². The Morgan fingerprint density at radius 2 is 1.56 bits per heavy atom. The van der Waals surface area contributed by atoms with Crippen LogP contribution in [0.4, 0.5) is 5.69 Å². The number of nitrogens with one attached hydrogen (secondary N) is 1. The molecule has 10 nitrogen and oxygen atoms in total. The molecule has 0 aliphatic carbocycles. The number of rotatable bonds is 15. The third kappa shape index (κ3) is 8.96. The zero-order valence-electron chi connectivity index (χ0n) is 26.2. The standard InChI is InChI=1S/C32H39Cl2N3O7S/c1-7-21(3)35-32(39)22(4)36(19-23-9-15-27(33)28(34)17-23)31(38)20-37(24-10-12-25(13-11-24)44-8-2)45(40,41)26-14-16-29(42-5)30(18-26)43-6/h9-18,21-22H,7-8,19-20H2,1-6H3,(H,35,39)/t21-,22-/m0/s1. The lowest BCUT2D eigenvalue weighted by molar-refractivity contribution is -0.139. The van der Waals surface area contributed by atoms with Crippen LogP contribution in [0.25, 0.3) is 0 Å². The first kappa shape index (κ1) is 35.8. The van der Waals surface area contributed by atoms with E-state index in [1.54, 1.807) is 49.4 Å². The van der Waals surface area contributed by atoms with Crippen LogP contribution in [0.15, 0.2) is 65.6 Å². The van der Waals surface area contributed by atoms with Gasteiger partial charge in [-0.3, -0.25) is 13.9 Å². The van der Waals surface area contributed by atoms with E-state index < -0.39 is 28.5 Å². The van der Waals surface area contributed by atoms with Crippen molar-refractivity contribution in [1.29, 1.82) is 0 Å². The maximum absolute atomic E-state index is 14.2. The minimum absolute atomic E-state index is 0.0294. The first-order valence-electron chi connectivity index (χ1n) is 14.4. The summed E-state index contributed by atoms with van der Waals surface area (Å²) in [6.07, 6.45) is 0.689. The van der Waals surface area contributed by atoms with E-state index in [2.05, 4.69) is 5.32 Å². The second kappa shape index (κ2) is 16.1. The van der Waals surface area contributed by atoms with E-state index in [0.29, 0.717) is 35.1 Å². The van der Waals surface area contributed by atoms with Gasteiger partial charge in [0.25, 0.3) is 10.0 Å². The summed E-state index contributed by atoms with van der Waals surface area (Å²) < 4.78 is 45.6. The number of nitrogens with zero attached hydrogens (tertiary/aromatic N) is 2. The number of carbonyl (C=O) groups is 2. The van der Waals surface area contributed by atoms with E-state index >= 15 is 0 Å². The van der Waals surface area contributed by atoms with Crippen molar-refractivity contribution in [3.63, 3.8) is 0 Å². The molecule has 2 amide bonds. The molecule has 0 fully saturated rings. The van der Waals surface area contributed by atoms with Crippen molar-refractivity contribution in [3.05, 3.63) is 76.3 Å². The lowest BCUT2D eigenvalue weighted by atomic mass is 10.1. The Balaban J connectivity index is 2.09. The quantitative estimate of drug-likeness (QED) is 0.212. The fourth-order valence-electron chi connectivity index (χ4n) is 4.39. The van der Waals surface area contributed by atoms with Crippen LogP contribution >= 0.6 is 23.2 Å². The van der Waals surface area contributed by atoms with Crippen LogP contribution in [0.5, 0.6) is 17.2 Å². The van der Waals surface area contributed by atoms with Gasteiger partial charge in [0.2, 0.25) is 11.8 Å². The number of halogens is 2. The monoisotopic (exact) mass is 679 g/mol. The van der Waals surface area contributed by atoms with E-state index in [-0.39, 0.29) is 39.8 Å². The molecule has 244 valence electrons. The van der Waals surface area contributed by atoms with Crippen LogP contribution < -0.4 is 23.8 Å². The molecular weight excluding hydrogens is 641 g/mol. The van der Waals surface area contributed by atoms with Gasteiger partial charge in [0.1, 0.15) is 18.3 Å². The molecule has 0 unspecified atom stereocenters. The Morgan fingerprint density at radius 1 is 0.889 bits per heavy atom. The third-order valence-corrected chi connectivity index (χ3v) is 9.67. The zero-order valence-corrected chi connectivity index (χ0v) is 28.5. The van der Waals surface area contributed by atoms with Gasteiger partial charge in [-0.25, -0.2) is 8.42 Å². The van der Waals surface area contributed by atoms with Crippen LogP contribution in [-0.4, -0.2) is 64.6 Å². The molecule has 3 rings (SSSR count). The van der Waals surface area contributed by atoms with Crippen molar-refractivity contribution in [3.8, 4) is 17.2 Å². The number of sulfonamides is 1. The molecule has 0 aromatic heterocycles. The number of hydrogen-bond acceptors (Lipinski definition) is 7. The van der Waals surface area contributed by atoms with Gasteiger partial charge in [0.05, 0.1) is 41.5 Å². The fraction of sp³-hybridized carbons (Fsp3) is 0.375. The van der Waals surface area contributed by atoms with E-state index in [1.165, 1.54) is 37.3 Å². The number of methoxy groups -OCH3 is 2. The molecule has 0 saturated carbocycles. The molecule has 0 radical (unpaired) electrons. The molecule has 45 heavy (non-hydrogen) atoms. The second-order valence-corrected chi connectivity index (χ2v) is 12.9. The van der Waals surface area contributed by atoms with Gasteiger partial charge in [-0.2, -0.15) is 0 Å². The minimum Gasteiger partial charge on any atom is -0.494 e. The largest absolute Gasteiger partial charge is 0.494 e. The lowest BCUT2D eigenvalue weighted by Gasteiger charge is -2.32. The molecule has 0 bridgehead atoms. The van der Waals surface area contributed by atoms with Crippen molar-refractivity contribution in [1.82, 2.24) is 10.2 Å². The van der Waals surface area contributed by atoms with Crippen molar-refractivity contribution in [2.45, 2.75) is 57.6 Å². The van der Waals surface area contributed by atoms with Crippen LogP contribution in [0.2, 0.25) is 10.0 Å². The molecule has 0 saturated heterocycles. The summed E-state index contributed by atoms with van der Waals surface area (Å²) in [4.78, 5) is 28.6. The van der Waals surface area contributed by atoms with E-state index in [4.69, 9.17) is 37.4 Å². The molecule has 3 aromatic rings. The third-order valence-electron chi connectivity index (χ3n) is 7.16. The number of carbonyl (C=O) groups excluding carboxylic acids is 2. The van der Waals surface area contributed by atoms with Gasteiger partial charge in [-0.15, -0.1) is 0 Å². The average molecular weight is 681 g/mol. The fourth-order valence-corrected chi connectivity index (χ4v) is 6.14. The summed E-state index contributed by atoms with van der Waals surface area (Å²) in [5.74, 6) is 0.0776. The number of anilines is 1. The van der Waals surface area contributed by atoms with E-state index in [1.807, 2.05) is 20.8 Å². The zero-order chi connectivity index (χ0) is 33.3. The minimum atomic E-state index is -4.35. The van der Waals surface area contributed by atoms with Crippen LogP contribution in [0.3, 0.4) is 0 Å². The molecule has 1 N–H and O–H groups in total. The van der Waals surface area contributed by atoms with Gasteiger partial charge in [-0.05, 0) is 81.3 Å². The molecular formula is C32H39Cl2N3O7S. The highest BCUT2D eigenvalue weighted by atomic mass is 35.5. The predicted molar refractivity (Wildman–Crippen MR) is 176 cm³/mol. The Kier molecular flexibility index (Phi) is 12.8. The first-order chi connectivity index (χ1) is 21.4. The summed E-state index contributed by atoms with van der Waals surface area (Å²) in [6.45, 7) is 7.00. The number of benzene rings is 3. The number of hydrogen-bond donors (Lipinski definition) is 1. The maximum atomic E-state index is 14.2. The Bertz CT molecular complexity index is 1590. The van der Waals surface area contributed by atoms with Crippen LogP contribution in [0.1, 0.15) is 39.7 Å². The highest BCUT2D eigenvalue weighted by Crippen LogP contribution is 2.33. The predicted octanol–water partition coefficient (Wildman–Crippen LogP) is 5.94. The maximum Gasteiger partial charge on any atom is 0.264 e. The Morgan fingerprint density at radius 3 is 2.13 bits per heavy atom. The smallest absolute Gasteiger partial charge is 0.264 e. The second-order valence-electron chi connectivity index (χ2n) is 10.2. The molecule has 0 spiro atoms. The highest BCUT2D eigenvalue weighted by molar-refractivity contribution is 7.92. The van der Waals surface area contributed by atoms with Crippen molar-refractivity contribution in [2.24, 2.45) is 0 Å². The van der Waals surface area contributed by atoms with Crippen molar-refractivity contribution >= 4 is 50.7 Å². The number of ether oxygens (including phenoxy) is 3. The first-order valence-corrected chi connectivity index (χ1v) is 16.6. The molecule has 0 heterocycles. The number of amides is 2. The van der Waals surface area contributed by atoms with Crippen LogP contribution in [-0.2, 0) is 26.2 Å².